The van der Waals surface area contributed by atoms with Crippen LogP contribution in [0.2, 0.25) is 15.1 Å². The lowest BCUT2D eigenvalue weighted by Gasteiger charge is -2.09. The summed E-state index contributed by atoms with van der Waals surface area (Å²) in [5, 5.41) is 4.47. The van der Waals surface area contributed by atoms with E-state index in [9.17, 15) is 4.39 Å². The smallest absolute Gasteiger partial charge is 0.129 e. The Hall–Kier alpha value is -0.960. The minimum atomic E-state index is -0.347. The molecule has 0 aliphatic heterocycles. The van der Waals surface area contributed by atoms with Crippen LogP contribution in [0.5, 0.6) is 0 Å². The molecule has 0 saturated carbocycles. The zero-order valence-electron chi connectivity index (χ0n) is 9.18. The van der Waals surface area contributed by atoms with Crippen LogP contribution in [-0.4, -0.2) is 0 Å². The van der Waals surface area contributed by atoms with Crippen LogP contribution >= 0.6 is 34.8 Å². The lowest BCUT2D eigenvalue weighted by atomic mass is 10.2. The van der Waals surface area contributed by atoms with Gasteiger partial charge in [-0.05, 0) is 30.3 Å². The van der Waals surface area contributed by atoms with Gasteiger partial charge in [-0.25, -0.2) is 4.39 Å². The minimum absolute atomic E-state index is 0.324. The van der Waals surface area contributed by atoms with Crippen molar-refractivity contribution in [2.75, 3.05) is 5.32 Å². The summed E-state index contributed by atoms with van der Waals surface area (Å²) >= 11 is 17.5. The number of hydrogen-bond donors (Lipinski definition) is 1. The molecule has 1 nitrogen and oxygen atoms in total. The fourth-order valence-electron chi connectivity index (χ4n) is 1.49. The Morgan fingerprint density at radius 3 is 2.28 bits per heavy atom. The number of rotatable bonds is 3. The molecule has 0 atom stereocenters. The van der Waals surface area contributed by atoms with Crippen molar-refractivity contribution < 1.29 is 4.39 Å². The molecule has 0 aliphatic carbocycles. The molecule has 2 aromatic rings. The molecule has 18 heavy (non-hydrogen) atoms. The highest BCUT2D eigenvalue weighted by Crippen LogP contribution is 2.26. The Morgan fingerprint density at radius 2 is 1.61 bits per heavy atom. The third-order valence-corrected chi connectivity index (χ3v) is 3.20. The Balaban J connectivity index is 2.11. The van der Waals surface area contributed by atoms with E-state index in [2.05, 4.69) is 5.32 Å². The number of nitrogens with one attached hydrogen (secondary N) is 1. The molecule has 0 heterocycles. The quantitative estimate of drug-likeness (QED) is 0.800. The average Bonchev–Trinajstić information content (AvgIpc) is 2.30. The molecule has 0 amide bonds. The van der Waals surface area contributed by atoms with E-state index < -0.39 is 0 Å². The van der Waals surface area contributed by atoms with Gasteiger partial charge in [-0.15, -0.1) is 0 Å². The van der Waals surface area contributed by atoms with E-state index in [1.54, 1.807) is 30.3 Å². The summed E-state index contributed by atoms with van der Waals surface area (Å²) in [4.78, 5) is 0. The lowest BCUT2D eigenvalue weighted by Crippen LogP contribution is -2.02. The van der Waals surface area contributed by atoms with Crippen molar-refractivity contribution in [2.45, 2.75) is 6.54 Å². The third-order valence-electron chi connectivity index (χ3n) is 2.42. The summed E-state index contributed by atoms with van der Waals surface area (Å²) in [6.45, 7) is 0.324. The van der Waals surface area contributed by atoms with E-state index in [0.717, 1.165) is 0 Å². The number of benzene rings is 2. The van der Waals surface area contributed by atoms with E-state index in [-0.39, 0.29) is 5.82 Å². The first-order valence-corrected chi connectivity index (χ1v) is 6.32. The zero-order valence-corrected chi connectivity index (χ0v) is 11.5. The fraction of sp³-hybridized carbons (Fsp3) is 0.0769. The Kier molecular flexibility index (Phi) is 4.33. The van der Waals surface area contributed by atoms with Gasteiger partial charge in [-0.3, -0.25) is 0 Å². The van der Waals surface area contributed by atoms with Crippen molar-refractivity contribution in [3.05, 3.63) is 62.8 Å². The molecule has 2 rings (SSSR count). The Labute approximate surface area is 119 Å². The van der Waals surface area contributed by atoms with Crippen LogP contribution in [0, 0.1) is 5.82 Å². The molecule has 0 saturated heterocycles. The highest BCUT2D eigenvalue weighted by Gasteiger charge is 2.05. The van der Waals surface area contributed by atoms with Crippen LogP contribution in [0.25, 0.3) is 0 Å². The largest absolute Gasteiger partial charge is 0.380 e. The molecule has 0 aliphatic rings. The maximum atomic E-state index is 13.5. The maximum absolute atomic E-state index is 13.5. The predicted octanol–water partition coefficient (Wildman–Crippen LogP) is 5.40. The first kappa shape index (κ1) is 13.5. The van der Waals surface area contributed by atoms with Gasteiger partial charge < -0.3 is 5.32 Å². The Morgan fingerprint density at radius 1 is 0.944 bits per heavy atom. The molecule has 0 bridgehead atoms. The second-order valence-corrected chi connectivity index (χ2v) is 4.99. The molecule has 5 heteroatoms. The Bertz CT molecular complexity index is 521. The van der Waals surface area contributed by atoms with Crippen molar-refractivity contribution in [2.24, 2.45) is 0 Å². The van der Waals surface area contributed by atoms with Gasteiger partial charge in [0.2, 0.25) is 0 Å². The second kappa shape index (κ2) is 5.79. The van der Waals surface area contributed by atoms with Gasteiger partial charge in [0.05, 0.1) is 10.7 Å². The summed E-state index contributed by atoms with van der Waals surface area (Å²) in [6.07, 6.45) is 0. The first-order valence-electron chi connectivity index (χ1n) is 5.19. The van der Waals surface area contributed by atoms with Crippen molar-refractivity contribution in [3.63, 3.8) is 0 Å². The number of halogens is 4. The molecule has 0 unspecified atom stereocenters. The highest BCUT2D eigenvalue weighted by molar-refractivity contribution is 6.36. The molecular formula is C13H9Cl3FN. The van der Waals surface area contributed by atoms with Gasteiger partial charge in [0.15, 0.2) is 0 Å². The van der Waals surface area contributed by atoms with Gasteiger partial charge >= 0.3 is 0 Å². The van der Waals surface area contributed by atoms with E-state index in [1.165, 1.54) is 6.07 Å². The molecule has 0 radical (unpaired) electrons. The van der Waals surface area contributed by atoms with E-state index in [1.807, 2.05) is 0 Å². The predicted molar refractivity (Wildman–Crippen MR) is 75.2 cm³/mol. The summed E-state index contributed by atoms with van der Waals surface area (Å²) in [5.41, 5.74) is 1.22. The maximum Gasteiger partial charge on any atom is 0.129 e. The monoisotopic (exact) mass is 303 g/mol. The topological polar surface area (TPSA) is 12.0 Å². The van der Waals surface area contributed by atoms with Crippen LogP contribution < -0.4 is 5.32 Å². The molecule has 0 spiro atoms. The van der Waals surface area contributed by atoms with E-state index in [4.69, 9.17) is 34.8 Å². The van der Waals surface area contributed by atoms with Crippen LogP contribution in [-0.2, 0) is 6.54 Å². The summed E-state index contributed by atoms with van der Waals surface area (Å²) < 4.78 is 13.5. The van der Waals surface area contributed by atoms with Gasteiger partial charge in [0.25, 0.3) is 0 Å². The summed E-state index contributed by atoms with van der Waals surface area (Å²) in [6, 6.07) is 9.65. The standard InChI is InChI=1S/C13H9Cl3FN/c14-9-3-4-13(11(16)5-9)18-7-8-1-2-10(15)6-12(8)17/h1-6,18H,7H2. The van der Waals surface area contributed by atoms with Crippen molar-refractivity contribution in [1.82, 2.24) is 0 Å². The van der Waals surface area contributed by atoms with Crippen molar-refractivity contribution in [1.29, 1.82) is 0 Å². The SMILES string of the molecule is Fc1cc(Cl)ccc1CNc1ccc(Cl)cc1Cl. The normalized spacial score (nSPS) is 10.4. The summed E-state index contributed by atoms with van der Waals surface area (Å²) in [5.74, 6) is -0.347. The first-order chi connectivity index (χ1) is 8.56. The van der Waals surface area contributed by atoms with Crippen LogP contribution in [0.4, 0.5) is 10.1 Å². The molecule has 0 aromatic heterocycles. The molecule has 2 aromatic carbocycles. The zero-order chi connectivity index (χ0) is 13.1. The van der Waals surface area contributed by atoms with Crippen LogP contribution in [0.1, 0.15) is 5.56 Å². The number of anilines is 1. The minimum Gasteiger partial charge on any atom is -0.380 e. The average molecular weight is 305 g/mol. The molecule has 0 fully saturated rings. The van der Waals surface area contributed by atoms with E-state index >= 15 is 0 Å². The molecule has 1 N–H and O–H groups in total. The summed E-state index contributed by atoms with van der Waals surface area (Å²) in [7, 11) is 0. The second-order valence-electron chi connectivity index (χ2n) is 3.71. The fourth-order valence-corrected chi connectivity index (χ4v) is 2.12. The molecular weight excluding hydrogens is 296 g/mol. The van der Waals surface area contributed by atoms with Crippen molar-refractivity contribution in [3.8, 4) is 0 Å². The van der Waals surface area contributed by atoms with Crippen LogP contribution in [0.15, 0.2) is 36.4 Å². The highest BCUT2D eigenvalue weighted by atomic mass is 35.5. The lowest BCUT2D eigenvalue weighted by molar-refractivity contribution is 0.613. The number of hydrogen-bond acceptors (Lipinski definition) is 1. The van der Waals surface area contributed by atoms with E-state index in [0.29, 0.717) is 32.9 Å². The third kappa shape index (κ3) is 3.29. The van der Waals surface area contributed by atoms with Gasteiger partial charge in [0.1, 0.15) is 5.82 Å². The molecule has 94 valence electrons. The van der Waals surface area contributed by atoms with Gasteiger partial charge in [0, 0.05) is 22.2 Å². The van der Waals surface area contributed by atoms with Crippen molar-refractivity contribution >= 4 is 40.5 Å². The van der Waals surface area contributed by atoms with Crippen LogP contribution in [0.3, 0.4) is 0 Å². The van der Waals surface area contributed by atoms with Gasteiger partial charge in [-0.2, -0.15) is 0 Å². The van der Waals surface area contributed by atoms with Gasteiger partial charge in [-0.1, -0.05) is 40.9 Å².